The maximum Gasteiger partial charge on any atom is 0.252 e. The molecule has 1 aromatic heterocycles. The van der Waals surface area contributed by atoms with E-state index in [9.17, 15) is 0 Å². The Bertz CT molecular complexity index is 3230. The molecule has 0 atom stereocenters. The second-order valence-corrected chi connectivity index (χ2v) is 22.6. The minimum atomic E-state index is -0.0422. The van der Waals surface area contributed by atoms with Gasteiger partial charge in [-0.2, -0.15) is 0 Å². The van der Waals surface area contributed by atoms with Gasteiger partial charge in [-0.3, -0.25) is 0 Å². The van der Waals surface area contributed by atoms with Crippen molar-refractivity contribution in [3.8, 4) is 11.1 Å². The lowest BCUT2D eigenvalue weighted by Crippen LogP contribution is -2.62. The summed E-state index contributed by atoms with van der Waals surface area (Å²) in [6.45, 7) is 28.2. The highest BCUT2D eigenvalue weighted by molar-refractivity contribution is 7.00. The maximum atomic E-state index is 7.21. The third-order valence-electron chi connectivity index (χ3n) is 15.3. The molecule has 320 valence electrons. The van der Waals surface area contributed by atoms with Crippen LogP contribution < -0.4 is 26.2 Å². The SMILES string of the molecule is Cc1cc(C(C)(C)C)ccc1N1c2cc3c(cc2B2c4ccc5c(oc6ccc(C(C)(C)C)cc65)c4N(c4ccccc4C)c4cc(-c5ccccc5)cc1c42)C(C)(C)CCC3(C)C. The summed E-state index contributed by atoms with van der Waals surface area (Å²) >= 11 is 0. The first kappa shape index (κ1) is 40.8. The van der Waals surface area contributed by atoms with Crippen molar-refractivity contribution in [1.82, 2.24) is 0 Å². The van der Waals surface area contributed by atoms with Crippen molar-refractivity contribution in [1.29, 1.82) is 0 Å². The zero-order chi connectivity index (χ0) is 44.8. The van der Waals surface area contributed by atoms with E-state index in [2.05, 4.69) is 220 Å². The molecule has 0 fully saturated rings. The normalized spacial score (nSPS) is 16.2. The number of hydrogen-bond donors (Lipinski definition) is 0. The lowest BCUT2D eigenvalue weighted by molar-refractivity contribution is 0.332. The first-order chi connectivity index (χ1) is 30.3. The highest BCUT2D eigenvalue weighted by Crippen LogP contribution is 2.53. The summed E-state index contributed by atoms with van der Waals surface area (Å²) < 4.78 is 7.21. The van der Waals surface area contributed by atoms with E-state index in [0.29, 0.717) is 0 Å². The van der Waals surface area contributed by atoms with E-state index in [1.54, 1.807) is 0 Å². The lowest BCUT2D eigenvalue weighted by atomic mass is 9.33. The number of fused-ring (bicyclic) bond motifs is 9. The van der Waals surface area contributed by atoms with Gasteiger partial charge in [-0.25, -0.2) is 0 Å². The zero-order valence-corrected chi connectivity index (χ0v) is 39.9. The van der Waals surface area contributed by atoms with Crippen LogP contribution in [0.15, 0.2) is 132 Å². The van der Waals surface area contributed by atoms with Crippen LogP contribution in [0.25, 0.3) is 33.1 Å². The topological polar surface area (TPSA) is 19.6 Å². The van der Waals surface area contributed by atoms with Gasteiger partial charge in [0.1, 0.15) is 5.58 Å². The van der Waals surface area contributed by atoms with E-state index >= 15 is 0 Å². The number of anilines is 6. The summed E-state index contributed by atoms with van der Waals surface area (Å²) in [6, 6.07) is 48.9. The van der Waals surface area contributed by atoms with Gasteiger partial charge in [0.05, 0.1) is 5.69 Å². The summed E-state index contributed by atoms with van der Waals surface area (Å²) in [5.41, 5.74) is 23.7. The van der Waals surface area contributed by atoms with Gasteiger partial charge in [0, 0.05) is 39.2 Å². The van der Waals surface area contributed by atoms with Gasteiger partial charge in [0.15, 0.2) is 5.58 Å². The minimum absolute atomic E-state index is 0.00689. The molecule has 8 aromatic rings. The molecule has 0 radical (unpaired) electrons. The summed E-state index contributed by atoms with van der Waals surface area (Å²) in [5.74, 6) is 0. The molecule has 0 spiro atoms. The molecule has 11 rings (SSSR count). The highest BCUT2D eigenvalue weighted by Gasteiger charge is 2.48. The Morgan fingerprint density at radius 3 is 1.78 bits per heavy atom. The lowest BCUT2D eigenvalue weighted by Gasteiger charge is -2.47. The van der Waals surface area contributed by atoms with Crippen LogP contribution in [-0.2, 0) is 21.7 Å². The van der Waals surface area contributed by atoms with Crippen molar-refractivity contribution in [2.45, 2.75) is 118 Å². The minimum Gasteiger partial charge on any atom is -0.454 e. The summed E-state index contributed by atoms with van der Waals surface area (Å²) in [4.78, 5) is 5.21. The van der Waals surface area contributed by atoms with Crippen LogP contribution in [0.3, 0.4) is 0 Å². The van der Waals surface area contributed by atoms with Gasteiger partial charge in [-0.05, 0) is 152 Å². The van der Waals surface area contributed by atoms with Crippen LogP contribution in [-0.4, -0.2) is 6.71 Å². The molecule has 1 aliphatic carbocycles. The highest BCUT2D eigenvalue weighted by atomic mass is 16.3. The fourth-order valence-corrected chi connectivity index (χ4v) is 11.3. The quantitative estimate of drug-likeness (QED) is 0.165. The van der Waals surface area contributed by atoms with Crippen molar-refractivity contribution in [3.05, 3.63) is 161 Å². The largest absolute Gasteiger partial charge is 0.454 e. The molecular weight excluding hydrogens is 775 g/mol. The van der Waals surface area contributed by atoms with Crippen molar-refractivity contribution in [2.24, 2.45) is 0 Å². The molecule has 0 N–H and O–H groups in total. The van der Waals surface area contributed by atoms with Gasteiger partial charge >= 0.3 is 0 Å². The Balaban J connectivity index is 1.32. The van der Waals surface area contributed by atoms with Crippen LogP contribution in [0, 0.1) is 13.8 Å². The zero-order valence-electron chi connectivity index (χ0n) is 39.9. The molecule has 3 aliphatic rings. The third kappa shape index (κ3) is 6.08. The Morgan fingerprint density at radius 2 is 1.11 bits per heavy atom. The molecule has 0 saturated heterocycles. The maximum absolute atomic E-state index is 7.21. The summed E-state index contributed by atoms with van der Waals surface area (Å²) in [6.07, 6.45) is 2.31. The standard InChI is InChI=1S/C60H61BN2O/c1-36-18-16-17-21-48(36)63-52-32-39(38-19-14-13-15-20-38)31-51-54(52)61(46-25-24-42-43-33-41(58(6,7)8)23-27-53(43)64-56(42)55(46)63)47-34-44-45(60(11,12)29-28-59(44,9)10)35-50(47)62(51)49-26-22-40(30-37(49)2)57(3,4)5/h13-27,30-35H,28-29H2,1-12H3. The van der Waals surface area contributed by atoms with Crippen molar-refractivity contribution in [3.63, 3.8) is 0 Å². The smallest absolute Gasteiger partial charge is 0.252 e. The first-order valence-corrected chi connectivity index (χ1v) is 23.5. The van der Waals surface area contributed by atoms with Crippen LogP contribution >= 0.6 is 0 Å². The average Bonchev–Trinajstić information content (AvgIpc) is 3.63. The Morgan fingerprint density at radius 1 is 0.500 bits per heavy atom. The summed E-state index contributed by atoms with van der Waals surface area (Å²) in [7, 11) is 0. The van der Waals surface area contributed by atoms with Crippen molar-refractivity contribution in [2.75, 3.05) is 9.80 Å². The Kier molecular flexibility index (Phi) is 8.76. The number of nitrogens with zero attached hydrogens (tertiary/aromatic N) is 2. The first-order valence-electron chi connectivity index (χ1n) is 23.5. The van der Waals surface area contributed by atoms with Gasteiger partial charge in [0.25, 0.3) is 6.71 Å². The average molecular weight is 837 g/mol. The van der Waals surface area contributed by atoms with Gasteiger partial charge in [0.2, 0.25) is 0 Å². The molecule has 2 aliphatic heterocycles. The fraction of sp³-hybridized carbons (Fsp3) is 0.300. The van der Waals surface area contributed by atoms with E-state index in [0.717, 1.165) is 40.8 Å². The fourth-order valence-electron chi connectivity index (χ4n) is 11.3. The summed E-state index contributed by atoms with van der Waals surface area (Å²) in [5, 5.41) is 2.32. The molecule has 0 unspecified atom stereocenters. The number of rotatable bonds is 3. The van der Waals surface area contributed by atoms with E-state index in [1.807, 2.05) is 0 Å². The molecule has 0 bridgehead atoms. The second kappa shape index (κ2) is 13.8. The third-order valence-corrected chi connectivity index (χ3v) is 15.3. The Hall–Kier alpha value is -6.00. The number of para-hydroxylation sites is 1. The van der Waals surface area contributed by atoms with Crippen LogP contribution in [0.5, 0.6) is 0 Å². The second-order valence-electron chi connectivity index (χ2n) is 22.6. The van der Waals surface area contributed by atoms with E-state index in [-0.39, 0.29) is 28.4 Å². The van der Waals surface area contributed by atoms with Gasteiger partial charge in [-0.1, -0.05) is 154 Å². The van der Waals surface area contributed by atoms with Crippen molar-refractivity contribution >= 4 is 79.2 Å². The van der Waals surface area contributed by atoms with E-state index < -0.39 is 0 Å². The predicted molar refractivity (Wildman–Crippen MR) is 275 cm³/mol. The molecule has 64 heavy (non-hydrogen) atoms. The number of benzene rings is 7. The molecule has 0 amide bonds. The predicted octanol–water partition coefficient (Wildman–Crippen LogP) is 14.9. The van der Waals surface area contributed by atoms with E-state index in [4.69, 9.17) is 4.42 Å². The Labute approximate surface area is 381 Å². The number of hydrogen-bond acceptors (Lipinski definition) is 3. The van der Waals surface area contributed by atoms with E-state index in [1.165, 1.54) is 89.0 Å². The van der Waals surface area contributed by atoms with Gasteiger partial charge in [-0.15, -0.1) is 0 Å². The molecule has 3 heterocycles. The van der Waals surface area contributed by atoms with Crippen LogP contribution in [0.4, 0.5) is 34.1 Å². The molecule has 7 aromatic carbocycles. The molecule has 0 saturated carbocycles. The van der Waals surface area contributed by atoms with Crippen LogP contribution in [0.1, 0.15) is 115 Å². The molecule has 4 heteroatoms. The number of furan rings is 1. The number of aryl methyl sites for hydroxylation is 2. The van der Waals surface area contributed by atoms with Crippen molar-refractivity contribution < 1.29 is 4.42 Å². The monoisotopic (exact) mass is 836 g/mol. The molecular formula is C60H61BN2O. The van der Waals surface area contributed by atoms with Crippen LogP contribution in [0.2, 0.25) is 0 Å². The van der Waals surface area contributed by atoms with Gasteiger partial charge < -0.3 is 14.2 Å². The molecule has 3 nitrogen and oxygen atoms in total.